The first-order valence-electron chi connectivity index (χ1n) is 5.19. The maximum Gasteiger partial charge on any atom is 0.408 e. The van der Waals surface area contributed by atoms with Crippen molar-refractivity contribution >= 4 is 17.7 Å². The molecule has 4 heteroatoms. The van der Waals surface area contributed by atoms with Gasteiger partial charge in [0.05, 0.1) is 11.4 Å². The second-order valence-electron chi connectivity index (χ2n) is 4.73. The minimum Gasteiger partial charge on any atom is -0.444 e. The molecule has 1 aliphatic rings. The summed E-state index contributed by atoms with van der Waals surface area (Å²) in [6, 6.07) is 0.0508. The first kappa shape index (κ1) is 12.4. The number of alkyl carbamates (subject to hydrolysis) is 1. The van der Waals surface area contributed by atoms with Gasteiger partial charge in [-0.15, -0.1) is 11.6 Å². The van der Waals surface area contributed by atoms with Crippen molar-refractivity contribution in [1.82, 2.24) is 5.32 Å². The average Bonchev–Trinajstić information content (AvgIpc) is 2.05. The highest BCUT2D eigenvalue weighted by Crippen LogP contribution is 2.16. The molecular weight excluding hydrogens is 214 g/mol. The van der Waals surface area contributed by atoms with E-state index in [0.29, 0.717) is 0 Å². The molecule has 1 rings (SSSR count). The Kier molecular flexibility index (Phi) is 4.03. The maximum atomic E-state index is 11.4. The molecule has 1 N–H and O–H groups in total. The van der Waals surface area contributed by atoms with Crippen LogP contribution in [0.3, 0.4) is 0 Å². The molecule has 86 valence electrons. The van der Waals surface area contributed by atoms with E-state index in [-0.39, 0.29) is 17.5 Å². The number of allylic oxidation sites excluding steroid dienone is 1. The van der Waals surface area contributed by atoms with Crippen LogP contribution in [0.4, 0.5) is 4.79 Å². The lowest BCUT2D eigenvalue weighted by Crippen LogP contribution is -2.39. The van der Waals surface area contributed by atoms with Gasteiger partial charge in [0.25, 0.3) is 0 Å². The molecule has 0 aliphatic heterocycles. The molecule has 2 atom stereocenters. The van der Waals surface area contributed by atoms with Crippen LogP contribution in [0.1, 0.15) is 33.6 Å². The predicted octanol–water partition coefficient (Wildman–Crippen LogP) is 2.84. The van der Waals surface area contributed by atoms with Crippen LogP contribution in [-0.2, 0) is 4.74 Å². The average molecular weight is 232 g/mol. The molecule has 0 heterocycles. The molecule has 1 amide bonds. The lowest BCUT2D eigenvalue weighted by atomic mass is 10.0. The number of carbonyl (C=O) groups is 1. The fraction of sp³-hybridized carbons (Fsp3) is 0.727. The lowest BCUT2D eigenvalue weighted by molar-refractivity contribution is 0.0511. The highest BCUT2D eigenvalue weighted by atomic mass is 35.5. The van der Waals surface area contributed by atoms with Crippen molar-refractivity contribution in [2.24, 2.45) is 0 Å². The quantitative estimate of drug-likeness (QED) is 0.557. The molecule has 0 spiro atoms. The second kappa shape index (κ2) is 4.88. The second-order valence-corrected chi connectivity index (χ2v) is 5.29. The number of halogens is 1. The van der Waals surface area contributed by atoms with Crippen molar-refractivity contribution in [1.29, 1.82) is 0 Å². The first-order valence-corrected chi connectivity index (χ1v) is 5.62. The SMILES string of the molecule is CC(C)(C)OC(=O)N[C@@H]1C=C[C@H](Cl)CC1. The van der Waals surface area contributed by atoms with Gasteiger partial charge < -0.3 is 10.1 Å². The van der Waals surface area contributed by atoms with Crippen molar-refractivity contribution in [3.8, 4) is 0 Å². The predicted molar refractivity (Wildman–Crippen MR) is 61.2 cm³/mol. The Morgan fingerprint density at radius 2 is 2.07 bits per heavy atom. The summed E-state index contributed by atoms with van der Waals surface area (Å²) in [5.41, 5.74) is -0.447. The standard InChI is InChI=1S/C11H18ClNO2/c1-11(2,3)15-10(14)13-9-6-4-8(12)5-7-9/h4,6,8-9H,5,7H2,1-3H3,(H,13,14)/t8-,9+/m0/s1. The van der Waals surface area contributed by atoms with Gasteiger partial charge in [-0.1, -0.05) is 12.2 Å². The van der Waals surface area contributed by atoms with Gasteiger partial charge in [-0.25, -0.2) is 4.79 Å². The zero-order valence-electron chi connectivity index (χ0n) is 9.42. The van der Waals surface area contributed by atoms with E-state index in [4.69, 9.17) is 16.3 Å². The summed E-state index contributed by atoms with van der Waals surface area (Å²) in [6.45, 7) is 5.54. The third-order valence-corrected chi connectivity index (χ3v) is 2.37. The van der Waals surface area contributed by atoms with Crippen LogP contribution < -0.4 is 5.32 Å². The molecule has 3 nitrogen and oxygen atoms in total. The zero-order valence-corrected chi connectivity index (χ0v) is 10.2. The van der Waals surface area contributed by atoms with Gasteiger partial charge in [0.2, 0.25) is 0 Å². The van der Waals surface area contributed by atoms with E-state index in [1.165, 1.54) is 0 Å². The summed E-state index contributed by atoms with van der Waals surface area (Å²) in [5.74, 6) is 0. The summed E-state index contributed by atoms with van der Waals surface area (Å²) in [5, 5.41) is 2.89. The van der Waals surface area contributed by atoms with Crippen molar-refractivity contribution in [3.05, 3.63) is 12.2 Å². The molecule has 0 radical (unpaired) electrons. The van der Waals surface area contributed by atoms with Crippen LogP contribution in [0.2, 0.25) is 0 Å². The molecule has 0 bridgehead atoms. The van der Waals surface area contributed by atoms with Gasteiger partial charge in [0.15, 0.2) is 0 Å². The van der Waals surface area contributed by atoms with Crippen LogP contribution in [0.15, 0.2) is 12.2 Å². The first-order chi connectivity index (χ1) is 6.87. The number of nitrogens with one attached hydrogen (secondary N) is 1. The van der Waals surface area contributed by atoms with Crippen LogP contribution >= 0.6 is 11.6 Å². The molecule has 15 heavy (non-hydrogen) atoms. The van der Waals surface area contributed by atoms with Crippen molar-refractivity contribution in [3.63, 3.8) is 0 Å². The van der Waals surface area contributed by atoms with Gasteiger partial charge in [0.1, 0.15) is 5.60 Å². The third kappa shape index (κ3) is 5.07. The Hall–Kier alpha value is -0.700. The lowest BCUT2D eigenvalue weighted by Gasteiger charge is -2.24. The van der Waals surface area contributed by atoms with Crippen LogP contribution in [0.5, 0.6) is 0 Å². The minimum absolute atomic E-state index is 0.0508. The van der Waals surface area contributed by atoms with E-state index < -0.39 is 5.60 Å². The van der Waals surface area contributed by atoms with Crippen molar-refractivity contribution < 1.29 is 9.53 Å². The van der Waals surface area contributed by atoms with E-state index >= 15 is 0 Å². The highest BCUT2D eigenvalue weighted by Gasteiger charge is 2.20. The number of rotatable bonds is 1. The van der Waals surface area contributed by atoms with Gasteiger partial charge in [0, 0.05) is 0 Å². The Labute approximate surface area is 95.8 Å². The largest absolute Gasteiger partial charge is 0.444 e. The van der Waals surface area contributed by atoms with Crippen LogP contribution in [-0.4, -0.2) is 23.1 Å². The normalized spacial score (nSPS) is 26.1. The van der Waals surface area contributed by atoms with E-state index in [9.17, 15) is 4.79 Å². The molecule has 0 aromatic heterocycles. The summed E-state index contributed by atoms with van der Waals surface area (Å²) in [6.07, 6.45) is 5.21. The Balaban J connectivity index is 2.36. The number of alkyl halides is 1. The molecule has 0 aromatic rings. The fourth-order valence-electron chi connectivity index (χ4n) is 1.37. The van der Waals surface area contributed by atoms with Gasteiger partial charge in [-0.05, 0) is 33.6 Å². The van der Waals surface area contributed by atoms with E-state index in [1.807, 2.05) is 32.9 Å². The minimum atomic E-state index is -0.447. The van der Waals surface area contributed by atoms with Gasteiger partial charge in [-0.2, -0.15) is 0 Å². The number of ether oxygens (including phenoxy) is 1. The molecule has 0 aromatic carbocycles. The van der Waals surface area contributed by atoms with Crippen molar-refractivity contribution in [2.45, 2.75) is 50.6 Å². The number of carbonyl (C=O) groups excluding carboxylic acids is 1. The smallest absolute Gasteiger partial charge is 0.408 e. The summed E-state index contributed by atoms with van der Waals surface area (Å²) in [7, 11) is 0. The molecule has 0 saturated carbocycles. The Bertz CT molecular complexity index is 258. The van der Waals surface area contributed by atoms with E-state index in [0.717, 1.165) is 12.8 Å². The van der Waals surface area contributed by atoms with Crippen LogP contribution in [0, 0.1) is 0 Å². The topological polar surface area (TPSA) is 38.3 Å². The van der Waals surface area contributed by atoms with E-state index in [2.05, 4.69) is 5.32 Å². The van der Waals surface area contributed by atoms with E-state index in [1.54, 1.807) is 0 Å². The van der Waals surface area contributed by atoms with Gasteiger partial charge >= 0.3 is 6.09 Å². The number of hydrogen-bond donors (Lipinski definition) is 1. The summed E-state index contributed by atoms with van der Waals surface area (Å²) >= 11 is 5.89. The monoisotopic (exact) mass is 231 g/mol. The molecule has 0 fully saturated rings. The highest BCUT2D eigenvalue weighted by molar-refractivity contribution is 6.21. The Morgan fingerprint density at radius 1 is 1.40 bits per heavy atom. The molecule has 1 aliphatic carbocycles. The fourth-order valence-corrected chi connectivity index (χ4v) is 1.58. The van der Waals surface area contributed by atoms with Crippen LogP contribution in [0.25, 0.3) is 0 Å². The number of amides is 1. The summed E-state index contributed by atoms with van der Waals surface area (Å²) in [4.78, 5) is 11.4. The zero-order chi connectivity index (χ0) is 11.5. The van der Waals surface area contributed by atoms with Gasteiger partial charge in [-0.3, -0.25) is 0 Å². The number of hydrogen-bond acceptors (Lipinski definition) is 2. The molecular formula is C11H18ClNO2. The maximum absolute atomic E-state index is 11.4. The Morgan fingerprint density at radius 3 is 2.53 bits per heavy atom. The third-order valence-electron chi connectivity index (χ3n) is 2.01. The summed E-state index contributed by atoms with van der Waals surface area (Å²) < 4.78 is 5.15. The molecule has 0 saturated heterocycles. The molecule has 0 unspecified atom stereocenters. The van der Waals surface area contributed by atoms with Crippen molar-refractivity contribution in [2.75, 3.05) is 0 Å².